The smallest absolute Gasteiger partial charge is 0.117 e. The normalized spacial score (nSPS) is 20.5. The molecule has 4 nitrogen and oxygen atoms in total. The van der Waals surface area contributed by atoms with Crippen molar-refractivity contribution in [2.75, 3.05) is 19.6 Å². The Bertz CT molecular complexity index is 299. The lowest BCUT2D eigenvalue weighted by Crippen LogP contribution is -2.46. The molecule has 0 aromatic heterocycles. The zero-order valence-electron chi connectivity index (χ0n) is 14.3. The number of β-amino-alcohol motifs (C(OH)–C–C–N with tert-alkyl or cyclic N) is 1. The molecular weight excluding hydrogens is 264 g/mol. The lowest BCUT2D eigenvalue weighted by atomic mass is 9.91. The Balaban J connectivity index is 2.16. The van der Waals surface area contributed by atoms with Gasteiger partial charge >= 0.3 is 0 Å². The topological polar surface area (TPSA) is 44.7 Å². The predicted molar refractivity (Wildman–Crippen MR) is 88.0 cm³/mol. The highest BCUT2D eigenvalue weighted by Gasteiger charge is 2.21. The van der Waals surface area contributed by atoms with E-state index in [1.807, 2.05) is 6.92 Å². The zero-order valence-corrected chi connectivity index (χ0v) is 14.3. The summed E-state index contributed by atoms with van der Waals surface area (Å²) in [6, 6.07) is 0.326. The van der Waals surface area contributed by atoms with Crippen LogP contribution in [-0.4, -0.2) is 48.0 Å². The fourth-order valence-electron chi connectivity index (χ4n) is 3.01. The van der Waals surface area contributed by atoms with Gasteiger partial charge in [0.05, 0.1) is 11.9 Å². The average molecular weight is 298 g/mol. The second-order valence-corrected chi connectivity index (χ2v) is 6.79. The standard InChI is InChI=1S/C17H34N2O2/c1-13(2)18-17(20)12-19-10-8-16(9-11-19)7-6-15(5)21-14(3)4/h13,15-18,20H,3,6-12H2,1-2,4-5H3. The fourth-order valence-corrected chi connectivity index (χ4v) is 3.01. The van der Waals surface area contributed by atoms with Crippen LogP contribution in [0.5, 0.6) is 0 Å². The van der Waals surface area contributed by atoms with Gasteiger partial charge in [-0.3, -0.25) is 10.2 Å². The van der Waals surface area contributed by atoms with Crippen molar-refractivity contribution in [3.63, 3.8) is 0 Å². The minimum absolute atomic E-state index is 0.276. The molecule has 4 heteroatoms. The van der Waals surface area contributed by atoms with E-state index >= 15 is 0 Å². The molecule has 124 valence electrons. The lowest BCUT2D eigenvalue weighted by molar-refractivity contribution is 0.0580. The molecule has 0 aliphatic carbocycles. The number of likely N-dealkylation sites (tertiary alicyclic amines) is 1. The molecule has 0 aromatic carbocycles. The monoisotopic (exact) mass is 298 g/mol. The van der Waals surface area contributed by atoms with E-state index in [-0.39, 0.29) is 6.10 Å². The molecule has 2 N–H and O–H groups in total. The number of allylic oxidation sites excluding steroid dienone is 1. The summed E-state index contributed by atoms with van der Waals surface area (Å²) in [6.45, 7) is 14.9. The summed E-state index contributed by atoms with van der Waals surface area (Å²) < 4.78 is 5.61. The van der Waals surface area contributed by atoms with Crippen molar-refractivity contribution < 1.29 is 9.84 Å². The Hall–Kier alpha value is -0.580. The summed E-state index contributed by atoms with van der Waals surface area (Å²) in [5.74, 6) is 1.61. The third-order valence-corrected chi connectivity index (χ3v) is 4.05. The molecule has 1 fully saturated rings. The summed E-state index contributed by atoms with van der Waals surface area (Å²) in [5, 5.41) is 13.1. The van der Waals surface area contributed by atoms with Gasteiger partial charge in [-0.15, -0.1) is 0 Å². The maximum absolute atomic E-state index is 9.92. The van der Waals surface area contributed by atoms with Crippen molar-refractivity contribution in [2.45, 2.75) is 71.8 Å². The van der Waals surface area contributed by atoms with Gasteiger partial charge in [-0.1, -0.05) is 6.58 Å². The maximum Gasteiger partial charge on any atom is 0.117 e. The Labute approximate surface area is 130 Å². The van der Waals surface area contributed by atoms with E-state index in [1.54, 1.807) is 0 Å². The number of nitrogens with one attached hydrogen (secondary N) is 1. The third kappa shape index (κ3) is 8.44. The number of hydrogen-bond donors (Lipinski definition) is 2. The molecule has 0 amide bonds. The molecule has 2 atom stereocenters. The van der Waals surface area contributed by atoms with E-state index in [0.29, 0.717) is 6.04 Å². The van der Waals surface area contributed by atoms with Gasteiger partial charge in [0.15, 0.2) is 0 Å². The molecule has 1 saturated heterocycles. The summed E-state index contributed by atoms with van der Waals surface area (Å²) in [4.78, 5) is 2.37. The Morgan fingerprint density at radius 2 is 1.95 bits per heavy atom. The van der Waals surface area contributed by atoms with Crippen molar-refractivity contribution in [3.8, 4) is 0 Å². The van der Waals surface area contributed by atoms with Gasteiger partial charge in [0, 0.05) is 12.6 Å². The van der Waals surface area contributed by atoms with Crippen LogP contribution in [0.15, 0.2) is 12.3 Å². The van der Waals surface area contributed by atoms with Crippen LogP contribution in [0.1, 0.15) is 53.4 Å². The van der Waals surface area contributed by atoms with E-state index < -0.39 is 6.23 Å². The van der Waals surface area contributed by atoms with Gasteiger partial charge in [0.25, 0.3) is 0 Å². The van der Waals surface area contributed by atoms with Gasteiger partial charge in [0.1, 0.15) is 6.23 Å². The van der Waals surface area contributed by atoms with Crippen LogP contribution < -0.4 is 5.32 Å². The first-order valence-electron chi connectivity index (χ1n) is 8.35. The van der Waals surface area contributed by atoms with Crippen molar-refractivity contribution in [3.05, 3.63) is 12.3 Å². The minimum Gasteiger partial charge on any atom is -0.496 e. The van der Waals surface area contributed by atoms with Crippen molar-refractivity contribution in [1.29, 1.82) is 0 Å². The largest absolute Gasteiger partial charge is 0.496 e. The molecule has 0 bridgehead atoms. The highest BCUT2D eigenvalue weighted by atomic mass is 16.5. The minimum atomic E-state index is -0.412. The van der Waals surface area contributed by atoms with E-state index in [1.165, 1.54) is 19.3 Å². The summed E-state index contributed by atoms with van der Waals surface area (Å²) in [7, 11) is 0. The molecule has 0 aromatic rings. The molecule has 1 rings (SSSR count). The van der Waals surface area contributed by atoms with Crippen molar-refractivity contribution in [1.82, 2.24) is 10.2 Å². The highest BCUT2D eigenvalue weighted by molar-refractivity contribution is 4.78. The van der Waals surface area contributed by atoms with Gasteiger partial charge in [-0.25, -0.2) is 0 Å². The number of hydrogen-bond acceptors (Lipinski definition) is 4. The number of ether oxygens (including phenoxy) is 1. The zero-order chi connectivity index (χ0) is 15.8. The second kappa shape index (κ2) is 9.44. The number of piperidine rings is 1. The first kappa shape index (κ1) is 18.5. The summed E-state index contributed by atoms with van der Waals surface area (Å²) in [5.41, 5.74) is 0. The van der Waals surface area contributed by atoms with Crippen LogP contribution in [0, 0.1) is 5.92 Å². The molecule has 21 heavy (non-hydrogen) atoms. The van der Waals surface area contributed by atoms with Crippen molar-refractivity contribution in [2.24, 2.45) is 5.92 Å². The number of rotatable bonds is 9. The highest BCUT2D eigenvalue weighted by Crippen LogP contribution is 2.23. The Morgan fingerprint density at radius 1 is 1.33 bits per heavy atom. The molecule has 1 aliphatic heterocycles. The maximum atomic E-state index is 9.92. The fraction of sp³-hybridized carbons (Fsp3) is 0.882. The van der Waals surface area contributed by atoms with E-state index in [4.69, 9.17) is 4.74 Å². The molecule has 0 saturated carbocycles. The van der Waals surface area contributed by atoms with Crippen LogP contribution in [-0.2, 0) is 4.74 Å². The second-order valence-electron chi connectivity index (χ2n) is 6.79. The first-order chi connectivity index (χ1) is 9.86. The number of aliphatic hydroxyl groups is 1. The predicted octanol–water partition coefficient (Wildman–Crippen LogP) is 2.73. The molecule has 0 radical (unpaired) electrons. The Kier molecular flexibility index (Phi) is 8.30. The van der Waals surface area contributed by atoms with Gasteiger partial charge in [-0.05, 0) is 72.4 Å². The molecule has 0 spiro atoms. The van der Waals surface area contributed by atoms with Crippen LogP contribution >= 0.6 is 0 Å². The SMILES string of the molecule is C=C(C)OC(C)CCC1CCN(CC(O)NC(C)C)CC1. The average Bonchev–Trinajstić information content (AvgIpc) is 2.36. The molecule has 2 unspecified atom stereocenters. The summed E-state index contributed by atoms with van der Waals surface area (Å²) in [6.07, 6.45) is 4.66. The quantitative estimate of drug-likeness (QED) is 0.507. The van der Waals surface area contributed by atoms with Crippen LogP contribution in [0.3, 0.4) is 0 Å². The molecular formula is C17H34N2O2. The first-order valence-corrected chi connectivity index (χ1v) is 8.35. The van der Waals surface area contributed by atoms with E-state index in [9.17, 15) is 5.11 Å². The van der Waals surface area contributed by atoms with Crippen LogP contribution in [0.25, 0.3) is 0 Å². The van der Waals surface area contributed by atoms with E-state index in [0.717, 1.165) is 37.7 Å². The van der Waals surface area contributed by atoms with Gasteiger partial charge in [-0.2, -0.15) is 0 Å². The Morgan fingerprint density at radius 3 is 2.48 bits per heavy atom. The lowest BCUT2D eigenvalue weighted by Gasteiger charge is -2.34. The van der Waals surface area contributed by atoms with Gasteiger partial charge < -0.3 is 9.84 Å². The molecule has 1 heterocycles. The van der Waals surface area contributed by atoms with Crippen LogP contribution in [0.4, 0.5) is 0 Å². The van der Waals surface area contributed by atoms with E-state index in [2.05, 4.69) is 37.6 Å². The molecule has 1 aliphatic rings. The van der Waals surface area contributed by atoms with Crippen LogP contribution in [0.2, 0.25) is 0 Å². The number of aliphatic hydroxyl groups excluding tert-OH is 1. The number of nitrogens with zero attached hydrogens (tertiary/aromatic N) is 1. The van der Waals surface area contributed by atoms with Crippen molar-refractivity contribution >= 4 is 0 Å². The summed E-state index contributed by atoms with van der Waals surface area (Å²) >= 11 is 0. The van der Waals surface area contributed by atoms with Gasteiger partial charge in [0.2, 0.25) is 0 Å². The third-order valence-electron chi connectivity index (χ3n) is 4.05.